The molecule has 0 aromatic heterocycles. The van der Waals surface area contributed by atoms with Crippen molar-refractivity contribution in [2.24, 2.45) is 0 Å². The Kier molecular flexibility index (Phi) is 7.04. The van der Waals surface area contributed by atoms with E-state index < -0.39 is 0 Å². The highest BCUT2D eigenvalue weighted by molar-refractivity contribution is 6.33. The molecule has 1 aromatic rings. The first kappa shape index (κ1) is 16.5. The molecular weight excluding hydrogens is 280 g/mol. The molecule has 0 bridgehead atoms. The lowest BCUT2D eigenvalue weighted by Crippen LogP contribution is -2.41. The fourth-order valence-corrected chi connectivity index (χ4v) is 1.92. The van der Waals surface area contributed by atoms with E-state index in [1.807, 2.05) is 6.92 Å². The zero-order valence-electron chi connectivity index (χ0n) is 11.4. The molecule has 0 aliphatic heterocycles. The summed E-state index contributed by atoms with van der Waals surface area (Å²) in [6.07, 6.45) is 1.33. The normalized spacial score (nSPS) is 11.8. The van der Waals surface area contributed by atoms with E-state index in [0.29, 0.717) is 23.4 Å². The van der Waals surface area contributed by atoms with Gasteiger partial charge in [0.2, 0.25) is 5.91 Å². The van der Waals surface area contributed by atoms with Crippen molar-refractivity contribution in [2.45, 2.75) is 25.8 Å². The van der Waals surface area contributed by atoms with Crippen LogP contribution in [0.4, 0.5) is 0 Å². The Labute approximate surface area is 123 Å². The SMILES string of the molecule is CC(CCCO)NC(=O)CNC(=O)c1ccccc1Cl. The minimum atomic E-state index is -0.381. The van der Waals surface area contributed by atoms with Gasteiger partial charge >= 0.3 is 0 Å². The zero-order chi connectivity index (χ0) is 15.0. The molecule has 0 spiro atoms. The summed E-state index contributed by atoms with van der Waals surface area (Å²) in [6.45, 7) is 1.85. The lowest BCUT2D eigenvalue weighted by atomic mass is 10.2. The first-order valence-corrected chi connectivity index (χ1v) is 6.85. The van der Waals surface area contributed by atoms with Gasteiger partial charge in [-0.25, -0.2) is 0 Å². The fourth-order valence-electron chi connectivity index (χ4n) is 1.70. The molecule has 3 N–H and O–H groups in total. The molecule has 1 rings (SSSR count). The smallest absolute Gasteiger partial charge is 0.253 e. The van der Waals surface area contributed by atoms with Crippen LogP contribution >= 0.6 is 11.6 Å². The van der Waals surface area contributed by atoms with Crippen molar-refractivity contribution in [1.82, 2.24) is 10.6 Å². The van der Waals surface area contributed by atoms with Gasteiger partial charge in [-0.15, -0.1) is 0 Å². The van der Waals surface area contributed by atoms with Gasteiger partial charge in [0.1, 0.15) is 0 Å². The van der Waals surface area contributed by atoms with Crippen molar-refractivity contribution < 1.29 is 14.7 Å². The van der Waals surface area contributed by atoms with Crippen LogP contribution in [0.1, 0.15) is 30.1 Å². The number of hydrogen-bond acceptors (Lipinski definition) is 3. The Morgan fingerprint density at radius 1 is 1.35 bits per heavy atom. The van der Waals surface area contributed by atoms with E-state index in [-0.39, 0.29) is 31.0 Å². The molecule has 0 saturated carbocycles. The maximum Gasteiger partial charge on any atom is 0.253 e. The van der Waals surface area contributed by atoms with Gasteiger partial charge < -0.3 is 15.7 Å². The van der Waals surface area contributed by atoms with E-state index in [0.717, 1.165) is 0 Å². The lowest BCUT2D eigenvalue weighted by Gasteiger charge is -2.13. The van der Waals surface area contributed by atoms with E-state index in [1.165, 1.54) is 0 Å². The summed E-state index contributed by atoms with van der Waals surface area (Å²) in [5, 5.41) is 14.3. The molecule has 1 atom stereocenters. The maximum absolute atomic E-state index is 11.8. The molecule has 0 saturated heterocycles. The van der Waals surface area contributed by atoms with Crippen LogP contribution in [0.5, 0.6) is 0 Å². The van der Waals surface area contributed by atoms with Crippen molar-refractivity contribution in [3.05, 3.63) is 34.9 Å². The molecule has 5 nitrogen and oxygen atoms in total. The van der Waals surface area contributed by atoms with Gasteiger partial charge in [-0.1, -0.05) is 23.7 Å². The van der Waals surface area contributed by atoms with Gasteiger partial charge in [-0.3, -0.25) is 9.59 Å². The number of hydrogen-bond donors (Lipinski definition) is 3. The first-order valence-electron chi connectivity index (χ1n) is 6.47. The molecule has 0 aliphatic rings. The summed E-state index contributed by atoms with van der Waals surface area (Å²) in [5.74, 6) is -0.649. The monoisotopic (exact) mass is 298 g/mol. The van der Waals surface area contributed by atoms with Gasteiger partial charge in [0.25, 0.3) is 5.91 Å². The van der Waals surface area contributed by atoms with Crippen LogP contribution in [-0.2, 0) is 4.79 Å². The molecular formula is C14H19ClN2O3. The van der Waals surface area contributed by atoms with E-state index in [4.69, 9.17) is 16.7 Å². The van der Waals surface area contributed by atoms with Crippen LogP contribution in [0.3, 0.4) is 0 Å². The number of amides is 2. The lowest BCUT2D eigenvalue weighted by molar-refractivity contribution is -0.120. The predicted molar refractivity (Wildman–Crippen MR) is 77.7 cm³/mol. The molecule has 20 heavy (non-hydrogen) atoms. The standard InChI is InChI=1S/C14H19ClN2O3/c1-10(5-4-8-18)17-13(19)9-16-14(20)11-6-2-3-7-12(11)15/h2-3,6-7,10,18H,4-5,8-9H2,1H3,(H,16,20)(H,17,19). The van der Waals surface area contributed by atoms with Crippen LogP contribution in [0.2, 0.25) is 5.02 Å². The molecule has 0 radical (unpaired) electrons. The zero-order valence-corrected chi connectivity index (χ0v) is 12.1. The summed E-state index contributed by atoms with van der Waals surface area (Å²) in [5.41, 5.74) is 0.343. The highest BCUT2D eigenvalue weighted by Crippen LogP contribution is 2.14. The number of carbonyl (C=O) groups is 2. The number of aliphatic hydroxyl groups is 1. The molecule has 0 aliphatic carbocycles. The molecule has 1 unspecified atom stereocenters. The Morgan fingerprint density at radius 3 is 2.70 bits per heavy atom. The van der Waals surface area contributed by atoms with Crippen molar-refractivity contribution in [1.29, 1.82) is 0 Å². The van der Waals surface area contributed by atoms with Crippen molar-refractivity contribution in [3.63, 3.8) is 0 Å². The van der Waals surface area contributed by atoms with Crippen LogP contribution in [0.25, 0.3) is 0 Å². The second-order valence-corrected chi connectivity index (χ2v) is 4.90. The van der Waals surface area contributed by atoms with Crippen molar-refractivity contribution in [3.8, 4) is 0 Å². The Hall–Kier alpha value is -1.59. The van der Waals surface area contributed by atoms with Crippen LogP contribution < -0.4 is 10.6 Å². The third kappa shape index (κ3) is 5.59. The fraction of sp³-hybridized carbons (Fsp3) is 0.429. The van der Waals surface area contributed by atoms with Crippen LogP contribution in [0.15, 0.2) is 24.3 Å². The average molecular weight is 299 g/mol. The molecule has 1 aromatic carbocycles. The van der Waals surface area contributed by atoms with Gasteiger partial charge in [0.05, 0.1) is 17.1 Å². The van der Waals surface area contributed by atoms with E-state index in [2.05, 4.69) is 10.6 Å². The molecule has 0 fully saturated rings. The second-order valence-electron chi connectivity index (χ2n) is 4.50. The van der Waals surface area contributed by atoms with Gasteiger partial charge in [-0.2, -0.15) is 0 Å². The van der Waals surface area contributed by atoms with E-state index in [9.17, 15) is 9.59 Å². The number of halogens is 1. The first-order chi connectivity index (χ1) is 9.54. The number of carbonyl (C=O) groups excluding carboxylic acids is 2. The average Bonchev–Trinajstić information content (AvgIpc) is 2.43. The topological polar surface area (TPSA) is 78.4 Å². The van der Waals surface area contributed by atoms with Gasteiger partial charge in [0.15, 0.2) is 0 Å². The van der Waals surface area contributed by atoms with Gasteiger partial charge in [0, 0.05) is 12.6 Å². The maximum atomic E-state index is 11.8. The summed E-state index contributed by atoms with van der Waals surface area (Å²) in [7, 11) is 0. The van der Waals surface area contributed by atoms with Crippen molar-refractivity contribution >= 4 is 23.4 Å². The Balaban J connectivity index is 2.38. The highest BCUT2D eigenvalue weighted by Gasteiger charge is 2.12. The minimum Gasteiger partial charge on any atom is -0.396 e. The number of rotatable bonds is 7. The number of nitrogens with one attached hydrogen (secondary N) is 2. The highest BCUT2D eigenvalue weighted by atomic mass is 35.5. The van der Waals surface area contributed by atoms with Crippen molar-refractivity contribution in [2.75, 3.05) is 13.2 Å². The van der Waals surface area contributed by atoms with Gasteiger partial charge in [-0.05, 0) is 31.9 Å². The summed E-state index contributed by atoms with van der Waals surface area (Å²) in [4.78, 5) is 23.4. The summed E-state index contributed by atoms with van der Waals surface area (Å²) in [6, 6.07) is 6.62. The van der Waals surface area contributed by atoms with E-state index >= 15 is 0 Å². The number of benzene rings is 1. The third-order valence-corrected chi connectivity index (χ3v) is 3.06. The van der Waals surface area contributed by atoms with Crippen LogP contribution in [-0.4, -0.2) is 36.1 Å². The second kappa shape index (κ2) is 8.55. The third-order valence-electron chi connectivity index (χ3n) is 2.73. The molecule has 6 heteroatoms. The molecule has 110 valence electrons. The summed E-state index contributed by atoms with van der Waals surface area (Å²) < 4.78 is 0. The Morgan fingerprint density at radius 2 is 2.05 bits per heavy atom. The summed E-state index contributed by atoms with van der Waals surface area (Å²) >= 11 is 5.89. The molecule has 0 heterocycles. The quantitative estimate of drug-likeness (QED) is 0.711. The van der Waals surface area contributed by atoms with Crippen LogP contribution in [0, 0.1) is 0 Å². The van der Waals surface area contributed by atoms with E-state index in [1.54, 1.807) is 24.3 Å². The number of aliphatic hydroxyl groups excluding tert-OH is 1. The predicted octanol–water partition coefficient (Wildman–Crippen LogP) is 1.35. The Bertz CT molecular complexity index is 465. The largest absolute Gasteiger partial charge is 0.396 e. The molecule has 2 amide bonds. The minimum absolute atomic E-state index is 0.0353.